The van der Waals surface area contributed by atoms with Crippen LogP contribution in [0.1, 0.15) is 32.9 Å². The van der Waals surface area contributed by atoms with E-state index >= 15 is 0 Å². The Hall–Kier alpha value is -3.68. The van der Waals surface area contributed by atoms with Crippen LogP contribution in [0, 0.1) is 30.9 Å². The molecule has 0 atom stereocenters. The Morgan fingerprint density at radius 2 is 1.89 bits per heavy atom. The number of nitro benzene ring substituents is 1. The molecule has 0 radical (unpaired) electrons. The number of amides is 1. The molecule has 1 N–H and O–H groups in total. The van der Waals surface area contributed by atoms with Gasteiger partial charge < -0.3 is 14.6 Å². The van der Waals surface area contributed by atoms with E-state index < -0.39 is 4.92 Å². The number of hydrogen-bond donors (Lipinski definition) is 1. The van der Waals surface area contributed by atoms with Gasteiger partial charge in [0.1, 0.15) is 18.1 Å². The first kappa shape index (κ1) is 19.1. The number of carbonyl (C=O) groups excluding carboxylic acids is 1. The molecule has 0 fully saturated rings. The van der Waals surface area contributed by atoms with Gasteiger partial charge in [0.2, 0.25) is 0 Å². The van der Waals surface area contributed by atoms with Gasteiger partial charge in [0, 0.05) is 11.6 Å². The molecule has 0 bridgehead atoms. The van der Waals surface area contributed by atoms with Crippen LogP contribution in [0.4, 0.5) is 11.4 Å². The third-order valence-electron chi connectivity index (χ3n) is 4.43. The third-order valence-corrected chi connectivity index (χ3v) is 4.43. The summed E-state index contributed by atoms with van der Waals surface area (Å²) in [6.45, 7) is 5.58. The van der Waals surface area contributed by atoms with Gasteiger partial charge in [-0.25, -0.2) is 0 Å². The molecule has 1 amide bonds. The lowest BCUT2D eigenvalue weighted by Crippen LogP contribution is -2.13. The summed E-state index contributed by atoms with van der Waals surface area (Å²) in [6.07, 6.45) is 0. The van der Waals surface area contributed by atoms with Gasteiger partial charge in [-0.3, -0.25) is 14.9 Å². The Kier molecular flexibility index (Phi) is 5.39. The minimum atomic E-state index is -0.476. The van der Waals surface area contributed by atoms with Crippen molar-refractivity contribution in [2.24, 2.45) is 0 Å². The van der Waals surface area contributed by atoms with E-state index in [1.54, 1.807) is 37.3 Å². The van der Waals surface area contributed by atoms with Crippen molar-refractivity contribution in [3.63, 3.8) is 0 Å². The first-order valence-electron chi connectivity index (χ1n) is 8.56. The lowest BCUT2D eigenvalue weighted by molar-refractivity contribution is -0.385. The quantitative estimate of drug-likeness (QED) is 0.503. The van der Waals surface area contributed by atoms with Crippen LogP contribution in [-0.4, -0.2) is 16.0 Å². The van der Waals surface area contributed by atoms with Crippen molar-refractivity contribution in [3.8, 4) is 5.75 Å². The molecule has 0 saturated heterocycles. The summed E-state index contributed by atoms with van der Waals surface area (Å²) < 4.78 is 10.8. The summed E-state index contributed by atoms with van der Waals surface area (Å²) in [7, 11) is 0. The van der Waals surface area contributed by atoms with Crippen LogP contribution < -0.4 is 10.1 Å². The van der Waals surface area contributed by atoms with E-state index in [4.69, 9.17) is 9.26 Å². The SMILES string of the molecule is Cc1noc(C)c1COc1ccc(C(=O)Nc2cccc([N+](=O)[O-])c2C)cc1. The number of nitrogens with one attached hydrogen (secondary N) is 1. The lowest BCUT2D eigenvalue weighted by atomic mass is 10.1. The number of ether oxygens (including phenoxy) is 1. The molecular weight excluding hydrogens is 362 g/mol. The summed E-state index contributed by atoms with van der Waals surface area (Å²) in [4.78, 5) is 23.0. The van der Waals surface area contributed by atoms with Gasteiger partial charge >= 0.3 is 0 Å². The molecule has 2 aromatic carbocycles. The Morgan fingerprint density at radius 1 is 1.18 bits per heavy atom. The van der Waals surface area contributed by atoms with Crippen LogP contribution in [0.5, 0.6) is 5.75 Å². The maximum Gasteiger partial charge on any atom is 0.274 e. The van der Waals surface area contributed by atoms with Crippen molar-refractivity contribution < 1.29 is 19.0 Å². The average Bonchev–Trinajstić information content (AvgIpc) is 2.99. The van der Waals surface area contributed by atoms with Crippen LogP contribution >= 0.6 is 0 Å². The van der Waals surface area contributed by atoms with E-state index in [1.807, 2.05) is 13.8 Å². The third kappa shape index (κ3) is 4.01. The average molecular weight is 381 g/mol. The second kappa shape index (κ2) is 7.91. The molecule has 0 spiro atoms. The van der Waals surface area contributed by atoms with Crippen molar-refractivity contribution in [1.29, 1.82) is 0 Å². The van der Waals surface area contributed by atoms with Gasteiger partial charge in [-0.05, 0) is 51.1 Å². The minimum Gasteiger partial charge on any atom is -0.489 e. The highest BCUT2D eigenvalue weighted by Gasteiger charge is 2.16. The Bertz CT molecular complexity index is 1010. The zero-order valence-electron chi connectivity index (χ0n) is 15.7. The van der Waals surface area contributed by atoms with E-state index in [0.29, 0.717) is 34.9 Å². The summed E-state index contributed by atoms with van der Waals surface area (Å²) in [5, 5.41) is 17.6. The molecule has 0 unspecified atom stereocenters. The summed E-state index contributed by atoms with van der Waals surface area (Å²) in [5.74, 6) is 0.949. The van der Waals surface area contributed by atoms with E-state index in [0.717, 1.165) is 11.3 Å². The largest absolute Gasteiger partial charge is 0.489 e. The van der Waals surface area contributed by atoms with Crippen LogP contribution in [0.25, 0.3) is 0 Å². The Balaban J connectivity index is 1.67. The zero-order valence-corrected chi connectivity index (χ0v) is 15.7. The first-order chi connectivity index (χ1) is 13.4. The summed E-state index contributed by atoms with van der Waals surface area (Å²) >= 11 is 0. The van der Waals surface area contributed by atoms with E-state index in [-0.39, 0.29) is 11.6 Å². The minimum absolute atomic E-state index is 0.0409. The Labute approximate surface area is 161 Å². The molecule has 28 heavy (non-hydrogen) atoms. The van der Waals surface area contributed by atoms with Crippen LogP contribution in [0.2, 0.25) is 0 Å². The smallest absolute Gasteiger partial charge is 0.274 e. The molecular formula is C20H19N3O5. The Morgan fingerprint density at radius 3 is 2.50 bits per heavy atom. The first-order valence-corrected chi connectivity index (χ1v) is 8.56. The van der Waals surface area contributed by atoms with Gasteiger partial charge in [0.15, 0.2) is 0 Å². The van der Waals surface area contributed by atoms with E-state index in [1.165, 1.54) is 12.1 Å². The molecule has 0 aliphatic carbocycles. The normalized spacial score (nSPS) is 10.5. The molecule has 1 aromatic heterocycles. The predicted octanol–water partition coefficient (Wildman–Crippen LogP) is 4.34. The number of hydrogen-bond acceptors (Lipinski definition) is 6. The van der Waals surface area contributed by atoms with Crippen LogP contribution in [-0.2, 0) is 6.61 Å². The standard InChI is InChI=1S/C20H19N3O5/c1-12-18(5-4-6-19(12)23(25)26)21-20(24)15-7-9-16(10-8-15)27-11-17-13(2)22-28-14(17)3/h4-10H,11H2,1-3H3,(H,21,24). The monoisotopic (exact) mass is 381 g/mol. The number of anilines is 1. The van der Waals surface area contributed by atoms with Crippen molar-refractivity contribution in [3.05, 3.63) is 80.7 Å². The molecule has 3 rings (SSSR count). The molecule has 0 aliphatic rings. The van der Waals surface area contributed by atoms with Crippen LogP contribution in [0.15, 0.2) is 47.0 Å². The second-order valence-corrected chi connectivity index (χ2v) is 6.28. The predicted molar refractivity (Wildman–Crippen MR) is 103 cm³/mol. The second-order valence-electron chi connectivity index (χ2n) is 6.28. The molecule has 3 aromatic rings. The van der Waals surface area contributed by atoms with E-state index in [2.05, 4.69) is 10.5 Å². The highest BCUT2D eigenvalue weighted by molar-refractivity contribution is 6.04. The van der Waals surface area contributed by atoms with Gasteiger partial charge in [0.05, 0.1) is 27.4 Å². The number of aromatic nitrogens is 1. The lowest BCUT2D eigenvalue weighted by Gasteiger charge is -2.10. The molecule has 144 valence electrons. The fourth-order valence-electron chi connectivity index (χ4n) is 2.72. The maximum atomic E-state index is 12.5. The maximum absolute atomic E-state index is 12.5. The highest BCUT2D eigenvalue weighted by Crippen LogP contribution is 2.26. The van der Waals surface area contributed by atoms with Gasteiger partial charge in [0.25, 0.3) is 11.6 Å². The molecule has 8 nitrogen and oxygen atoms in total. The van der Waals surface area contributed by atoms with Gasteiger partial charge in [-0.2, -0.15) is 0 Å². The number of carbonyl (C=O) groups is 1. The molecule has 0 aliphatic heterocycles. The fourth-order valence-corrected chi connectivity index (χ4v) is 2.72. The zero-order chi connectivity index (χ0) is 20.3. The number of benzene rings is 2. The summed E-state index contributed by atoms with van der Waals surface area (Å²) in [5.41, 5.74) is 2.85. The highest BCUT2D eigenvalue weighted by atomic mass is 16.6. The van der Waals surface area contributed by atoms with Gasteiger partial charge in [-0.15, -0.1) is 0 Å². The van der Waals surface area contributed by atoms with Crippen molar-refractivity contribution in [2.75, 3.05) is 5.32 Å². The molecule has 1 heterocycles. The molecule has 0 saturated carbocycles. The summed E-state index contributed by atoms with van der Waals surface area (Å²) in [6, 6.07) is 11.2. The van der Waals surface area contributed by atoms with E-state index in [9.17, 15) is 14.9 Å². The van der Waals surface area contributed by atoms with Crippen molar-refractivity contribution in [1.82, 2.24) is 5.16 Å². The number of nitro groups is 1. The number of aryl methyl sites for hydroxylation is 2. The van der Waals surface area contributed by atoms with Crippen LogP contribution in [0.3, 0.4) is 0 Å². The number of rotatable bonds is 6. The van der Waals surface area contributed by atoms with Crippen molar-refractivity contribution in [2.45, 2.75) is 27.4 Å². The number of nitrogens with zero attached hydrogens (tertiary/aromatic N) is 2. The fraction of sp³-hybridized carbons (Fsp3) is 0.200. The van der Waals surface area contributed by atoms with Gasteiger partial charge in [-0.1, -0.05) is 11.2 Å². The topological polar surface area (TPSA) is 108 Å². The van der Waals surface area contributed by atoms with Crippen molar-refractivity contribution >= 4 is 17.3 Å². The molecule has 8 heteroatoms.